The molecule has 0 aromatic heterocycles. The van der Waals surface area contributed by atoms with Crippen LogP contribution in [0.3, 0.4) is 0 Å². The normalized spacial score (nSPS) is 12.4. The molecule has 0 atom stereocenters. The van der Waals surface area contributed by atoms with Crippen LogP contribution in [-0.4, -0.2) is 21.0 Å². The Hall–Kier alpha value is -0.553. The summed E-state index contributed by atoms with van der Waals surface area (Å²) < 4.78 is 10.4. The number of ether oxygens (including phenoxy) is 1. The van der Waals surface area contributed by atoms with Gasteiger partial charge in [-0.15, -0.1) is 0 Å². The highest BCUT2D eigenvalue weighted by Gasteiger charge is 2.38. The van der Waals surface area contributed by atoms with Gasteiger partial charge in [-0.25, -0.2) is 10.3 Å². The Labute approximate surface area is 99.8 Å². The largest absolute Gasteiger partial charge is 0.448 e. The molecule has 0 radical (unpaired) electrons. The molecule has 1 N–H and O–H groups in total. The standard InChI is InChI=1S/C11H25NO3Si/c1-7-8-9-14-10(13)12-15-16(5,6)11(2,3)4/h7-9H2,1-6H3,(H,12,13). The van der Waals surface area contributed by atoms with E-state index in [2.05, 4.69) is 39.3 Å². The maximum absolute atomic E-state index is 11.3. The van der Waals surface area contributed by atoms with E-state index in [4.69, 9.17) is 9.26 Å². The minimum Gasteiger partial charge on any atom is -0.448 e. The van der Waals surface area contributed by atoms with Crippen molar-refractivity contribution in [1.82, 2.24) is 5.48 Å². The second-order valence-corrected chi connectivity index (χ2v) is 10.2. The van der Waals surface area contributed by atoms with Crippen LogP contribution < -0.4 is 5.48 Å². The molecule has 0 spiro atoms. The molecule has 0 saturated heterocycles. The molecule has 0 unspecified atom stereocenters. The maximum atomic E-state index is 11.3. The molecular formula is C11H25NO3Si. The van der Waals surface area contributed by atoms with Crippen LogP contribution in [0.15, 0.2) is 0 Å². The number of rotatable bonds is 5. The van der Waals surface area contributed by atoms with Crippen molar-refractivity contribution in [3.63, 3.8) is 0 Å². The van der Waals surface area contributed by atoms with E-state index in [0.29, 0.717) is 6.61 Å². The molecule has 4 nitrogen and oxygen atoms in total. The SMILES string of the molecule is CCCCOC(=O)NO[Si](C)(C)C(C)(C)C. The number of carbonyl (C=O) groups excluding carboxylic acids is 1. The molecule has 0 heterocycles. The Kier molecular flexibility index (Phi) is 6.03. The first kappa shape index (κ1) is 15.4. The van der Waals surface area contributed by atoms with Crippen LogP contribution in [0.2, 0.25) is 18.1 Å². The van der Waals surface area contributed by atoms with Crippen molar-refractivity contribution in [1.29, 1.82) is 0 Å². The van der Waals surface area contributed by atoms with Gasteiger partial charge < -0.3 is 9.26 Å². The van der Waals surface area contributed by atoms with Gasteiger partial charge in [0.1, 0.15) is 0 Å². The Bertz CT molecular complexity index is 224. The van der Waals surface area contributed by atoms with E-state index in [9.17, 15) is 4.79 Å². The van der Waals surface area contributed by atoms with Gasteiger partial charge in [-0.05, 0) is 24.6 Å². The summed E-state index contributed by atoms with van der Waals surface area (Å²) in [6.45, 7) is 13.0. The molecule has 16 heavy (non-hydrogen) atoms. The molecule has 0 rings (SSSR count). The lowest BCUT2D eigenvalue weighted by molar-refractivity contribution is 0.0926. The fraction of sp³-hybridized carbons (Fsp3) is 0.909. The summed E-state index contributed by atoms with van der Waals surface area (Å²) in [4.78, 5) is 11.3. The Morgan fingerprint density at radius 1 is 1.31 bits per heavy atom. The molecule has 0 fully saturated rings. The Morgan fingerprint density at radius 3 is 2.31 bits per heavy atom. The summed E-state index contributed by atoms with van der Waals surface area (Å²) >= 11 is 0. The summed E-state index contributed by atoms with van der Waals surface area (Å²) in [6.07, 6.45) is 1.41. The van der Waals surface area contributed by atoms with Gasteiger partial charge in [0.15, 0.2) is 0 Å². The fourth-order valence-electron chi connectivity index (χ4n) is 0.661. The van der Waals surface area contributed by atoms with Gasteiger partial charge in [-0.2, -0.15) is 0 Å². The van der Waals surface area contributed by atoms with Crippen LogP contribution in [0, 0.1) is 0 Å². The first-order valence-electron chi connectivity index (χ1n) is 5.81. The van der Waals surface area contributed by atoms with Gasteiger partial charge in [0, 0.05) is 0 Å². The van der Waals surface area contributed by atoms with E-state index < -0.39 is 14.4 Å². The van der Waals surface area contributed by atoms with Crippen molar-refractivity contribution in [2.75, 3.05) is 6.61 Å². The van der Waals surface area contributed by atoms with E-state index in [1.54, 1.807) is 0 Å². The van der Waals surface area contributed by atoms with Crippen molar-refractivity contribution in [3.05, 3.63) is 0 Å². The third-order valence-corrected chi connectivity index (χ3v) is 7.15. The third-order valence-electron chi connectivity index (χ3n) is 2.93. The monoisotopic (exact) mass is 247 g/mol. The smallest absolute Gasteiger partial charge is 0.430 e. The van der Waals surface area contributed by atoms with Gasteiger partial charge >= 0.3 is 6.09 Å². The highest BCUT2D eigenvalue weighted by molar-refractivity contribution is 6.74. The van der Waals surface area contributed by atoms with Gasteiger partial charge in [0.25, 0.3) is 0 Å². The first-order valence-corrected chi connectivity index (χ1v) is 8.72. The topological polar surface area (TPSA) is 47.6 Å². The van der Waals surface area contributed by atoms with Crippen LogP contribution in [0.5, 0.6) is 0 Å². The highest BCUT2D eigenvalue weighted by Crippen LogP contribution is 2.35. The average molecular weight is 247 g/mol. The second kappa shape index (κ2) is 6.25. The molecule has 0 aliphatic carbocycles. The van der Waals surface area contributed by atoms with Crippen molar-refractivity contribution < 1.29 is 14.1 Å². The van der Waals surface area contributed by atoms with E-state index in [1.807, 2.05) is 6.92 Å². The molecule has 0 aromatic carbocycles. The lowest BCUT2D eigenvalue weighted by atomic mass is 10.2. The van der Waals surface area contributed by atoms with Gasteiger partial charge in [-0.3, -0.25) is 0 Å². The van der Waals surface area contributed by atoms with Crippen LogP contribution in [0.25, 0.3) is 0 Å². The number of carbonyl (C=O) groups is 1. The summed E-state index contributed by atoms with van der Waals surface area (Å²) in [5.74, 6) is 0. The summed E-state index contributed by atoms with van der Waals surface area (Å²) in [7, 11) is -1.93. The minimum absolute atomic E-state index is 0.0731. The van der Waals surface area contributed by atoms with Gasteiger partial charge in [0.2, 0.25) is 8.32 Å². The van der Waals surface area contributed by atoms with Crippen LogP contribution in [0.1, 0.15) is 40.5 Å². The molecule has 0 aliphatic heterocycles. The van der Waals surface area contributed by atoms with E-state index >= 15 is 0 Å². The maximum Gasteiger partial charge on any atom is 0.430 e. The molecule has 1 amide bonds. The number of hydrogen-bond donors (Lipinski definition) is 1. The summed E-state index contributed by atoms with van der Waals surface area (Å²) in [6, 6.07) is 0. The van der Waals surface area contributed by atoms with Crippen molar-refractivity contribution in [2.24, 2.45) is 0 Å². The zero-order valence-corrected chi connectivity index (χ0v) is 12.3. The number of amides is 1. The number of hydroxylamine groups is 1. The first-order chi connectivity index (χ1) is 7.20. The molecule has 96 valence electrons. The average Bonchev–Trinajstić information content (AvgIpc) is 2.13. The lowest BCUT2D eigenvalue weighted by Crippen LogP contribution is -2.46. The van der Waals surface area contributed by atoms with Crippen molar-refractivity contribution in [3.8, 4) is 0 Å². The minimum atomic E-state index is -1.93. The molecule has 0 aliphatic rings. The van der Waals surface area contributed by atoms with Crippen molar-refractivity contribution in [2.45, 2.75) is 58.7 Å². The van der Waals surface area contributed by atoms with E-state index in [0.717, 1.165) is 12.8 Å². The summed E-state index contributed by atoms with van der Waals surface area (Å²) in [5.41, 5.74) is 2.39. The quantitative estimate of drug-likeness (QED) is 0.460. The Morgan fingerprint density at radius 2 is 1.88 bits per heavy atom. The summed E-state index contributed by atoms with van der Waals surface area (Å²) in [5, 5.41) is 0.0731. The number of nitrogens with one attached hydrogen (secondary N) is 1. The third kappa shape index (κ3) is 5.51. The zero-order chi connectivity index (χ0) is 12.8. The fourth-order valence-corrected chi connectivity index (χ4v) is 1.31. The predicted octanol–water partition coefficient (Wildman–Crippen LogP) is 3.45. The second-order valence-electron chi connectivity index (χ2n) is 5.45. The van der Waals surface area contributed by atoms with Crippen LogP contribution >= 0.6 is 0 Å². The highest BCUT2D eigenvalue weighted by atomic mass is 28.4. The van der Waals surface area contributed by atoms with Gasteiger partial charge in [0.05, 0.1) is 6.61 Å². The molecular weight excluding hydrogens is 222 g/mol. The molecule has 0 bridgehead atoms. The van der Waals surface area contributed by atoms with Crippen molar-refractivity contribution >= 4 is 14.4 Å². The predicted molar refractivity (Wildman–Crippen MR) is 67.7 cm³/mol. The van der Waals surface area contributed by atoms with Crippen LogP contribution in [0.4, 0.5) is 4.79 Å². The zero-order valence-electron chi connectivity index (χ0n) is 11.3. The molecule has 0 aromatic rings. The number of unbranched alkanes of at least 4 members (excludes halogenated alkanes) is 1. The molecule has 0 saturated carbocycles. The molecule has 5 heteroatoms. The Balaban J connectivity index is 3.92. The lowest BCUT2D eigenvalue weighted by Gasteiger charge is -2.34. The van der Waals surface area contributed by atoms with Crippen LogP contribution in [-0.2, 0) is 9.26 Å². The van der Waals surface area contributed by atoms with E-state index in [1.165, 1.54) is 0 Å². The van der Waals surface area contributed by atoms with Gasteiger partial charge in [-0.1, -0.05) is 34.1 Å². The number of hydrogen-bond acceptors (Lipinski definition) is 3. The van der Waals surface area contributed by atoms with E-state index in [-0.39, 0.29) is 5.04 Å².